The van der Waals surface area contributed by atoms with E-state index in [1.54, 1.807) is 11.8 Å². The van der Waals surface area contributed by atoms with Crippen LogP contribution in [0.1, 0.15) is 18.4 Å². The Balaban J connectivity index is 1.57. The van der Waals surface area contributed by atoms with Crippen LogP contribution in [0, 0.1) is 5.92 Å². The topological polar surface area (TPSA) is 49.3 Å². The van der Waals surface area contributed by atoms with Crippen molar-refractivity contribution >= 4 is 29.3 Å². The van der Waals surface area contributed by atoms with Gasteiger partial charge in [-0.1, -0.05) is 23.7 Å². The first-order chi connectivity index (χ1) is 9.13. The molecule has 3 nitrogen and oxygen atoms in total. The second kappa shape index (κ2) is 7.17. The fraction of sp³-hybridized carbons (Fsp3) is 0.500. The van der Waals surface area contributed by atoms with Gasteiger partial charge in [0.2, 0.25) is 5.91 Å². The summed E-state index contributed by atoms with van der Waals surface area (Å²) in [5.41, 5.74) is 1.17. The summed E-state index contributed by atoms with van der Waals surface area (Å²) >= 11 is 7.40. The molecule has 0 heterocycles. The molecule has 5 heteroatoms. The van der Waals surface area contributed by atoms with Gasteiger partial charge in [0.25, 0.3) is 0 Å². The molecule has 2 rings (SSSR count). The number of aliphatic hydroxyl groups excluding tert-OH is 1. The molecular weight excluding hydrogens is 282 g/mol. The lowest BCUT2D eigenvalue weighted by molar-refractivity contribution is -0.119. The van der Waals surface area contributed by atoms with Crippen LogP contribution in [0.5, 0.6) is 0 Å². The fourth-order valence-electron chi connectivity index (χ4n) is 2.02. The zero-order valence-corrected chi connectivity index (χ0v) is 12.2. The standard InChI is InChI=1S/C14H18ClNO2S/c15-12-3-1-10(2-4-12)8-19-9-14(18)16-7-11-5-13(17)6-11/h1-4,11,13,17H,5-9H2,(H,16,18). The molecule has 0 spiro atoms. The number of halogens is 1. The van der Waals surface area contributed by atoms with E-state index in [4.69, 9.17) is 16.7 Å². The Morgan fingerprint density at radius 1 is 1.37 bits per heavy atom. The molecule has 1 aromatic rings. The molecule has 0 aromatic heterocycles. The normalized spacial score (nSPS) is 21.8. The number of rotatable bonds is 6. The Kier molecular flexibility index (Phi) is 5.55. The summed E-state index contributed by atoms with van der Waals surface area (Å²) < 4.78 is 0. The minimum atomic E-state index is -0.152. The number of carbonyl (C=O) groups excluding carboxylic acids is 1. The lowest BCUT2D eigenvalue weighted by Gasteiger charge is -2.31. The maximum atomic E-state index is 11.6. The minimum absolute atomic E-state index is 0.0698. The first kappa shape index (κ1) is 14.7. The number of amides is 1. The van der Waals surface area contributed by atoms with Gasteiger partial charge in [0, 0.05) is 17.3 Å². The molecule has 0 radical (unpaired) electrons. The fourth-order valence-corrected chi connectivity index (χ4v) is 2.96. The van der Waals surface area contributed by atoms with E-state index in [0.29, 0.717) is 18.2 Å². The summed E-state index contributed by atoms with van der Waals surface area (Å²) in [6.07, 6.45) is 1.48. The van der Waals surface area contributed by atoms with E-state index < -0.39 is 0 Å². The van der Waals surface area contributed by atoms with Gasteiger partial charge in [-0.25, -0.2) is 0 Å². The average molecular weight is 300 g/mol. The van der Waals surface area contributed by atoms with Crippen LogP contribution in [0.3, 0.4) is 0 Å². The Labute approximate surface area is 122 Å². The molecule has 1 amide bonds. The maximum Gasteiger partial charge on any atom is 0.230 e. The zero-order valence-electron chi connectivity index (χ0n) is 10.6. The predicted molar refractivity (Wildman–Crippen MR) is 79.4 cm³/mol. The number of aliphatic hydroxyl groups is 1. The van der Waals surface area contributed by atoms with Gasteiger partial charge in [-0.2, -0.15) is 0 Å². The van der Waals surface area contributed by atoms with E-state index in [1.807, 2.05) is 24.3 Å². The number of nitrogens with one attached hydrogen (secondary N) is 1. The number of benzene rings is 1. The smallest absolute Gasteiger partial charge is 0.230 e. The van der Waals surface area contributed by atoms with E-state index in [2.05, 4.69) is 5.32 Å². The van der Waals surface area contributed by atoms with Crippen molar-refractivity contribution in [2.24, 2.45) is 5.92 Å². The molecule has 1 fully saturated rings. The largest absolute Gasteiger partial charge is 0.393 e. The Morgan fingerprint density at radius 2 is 2.05 bits per heavy atom. The van der Waals surface area contributed by atoms with Gasteiger partial charge in [0.1, 0.15) is 0 Å². The summed E-state index contributed by atoms with van der Waals surface area (Å²) in [6.45, 7) is 0.692. The van der Waals surface area contributed by atoms with Crippen molar-refractivity contribution in [2.45, 2.75) is 24.7 Å². The lowest BCUT2D eigenvalue weighted by Crippen LogP contribution is -2.39. The third-order valence-corrected chi connectivity index (χ3v) is 4.47. The Hall–Kier alpha value is -0.710. The molecule has 0 bridgehead atoms. The third kappa shape index (κ3) is 5.05. The van der Waals surface area contributed by atoms with Crippen LogP contribution in [-0.2, 0) is 10.5 Å². The van der Waals surface area contributed by atoms with E-state index in [9.17, 15) is 4.79 Å². The quantitative estimate of drug-likeness (QED) is 0.848. The molecular formula is C14H18ClNO2S. The van der Waals surface area contributed by atoms with Gasteiger partial charge in [-0.15, -0.1) is 11.8 Å². The summed E-state index contributed by atoms with van der Waals surface area (Å²) in [7, 11) is 0. The van der Waals surface area contributed by atoms with Crippen LogP contribution in [0.4, 0.5) is 0 Å². The number of carbonyl (C=O) groups is 1. The summed E-state index contributed by atoms with van der Waals surface area (Å²) in [4.78, 5) is 11.6. The number of thioether (sulfide) groups is 1. The van der Waals surface area contributed by atoms with Gasteiger partial charge in [0.15, 0.2) is 0 Å². The third-order valence-electron chi connectivity index (χ3n) is 3.21. The van der Waals surface area contributed by atoms with Gasteiger partial charge < -0.3 is 10.4 Å². The number of hydrogen-bond donors (Lipinski definition) is 2. The molecule has 1 saturated carbocycles. The first-order valence-corrected chi connectivity index (χ1v) is 7.93. The highest BCUT2D eigenvalue weighted by molar-refractivity contribution is 7.99. The van der Waals surface area contributed by atoms with Gasteiger partial charge in [-0.05, 0) is 36.5 Å². The monoisotopic (exact) mass is 299 g/mol. The van der Waals surface area contributed by atoms with Crippen LogP contribution in [0.15, 0.2) is 24.3 Å². The van der Waals surface area contributed by atoms with Crippen LogP contribution in [0.25, 0.3) is 0 Å². The molecule has 2 N–H and O–H groups in total. The second-order valence-electron chi connectivity index (χ2n) is 4.91. The Morgan fingerprint density at radius 3 is 2.68 bits per heavy atom. The molecule has 0 atom stereocenters. The summed E-state index contributed by atoms with van der Waals surface area (Å²) in [6, 6.07) is 7.67. The zero-order chi connectivity index (χ0) is 13.7. The Bertz CT molecular complexity index is 418. The number of hydrogen-bond acceptors (Lipinski definition) is 3. The highest BCUT2D eigenvalue weighted by Crippen LogP contribution is 2.26. The summed E-state index contributed by atoms with van der Waals surface area (Å²) in [5.74, 6) is 1.81. The van der Waals surface area contributed by atoms with Gasteiger partial charge in [0.05, 0.1) is 11.9 Å². The average Bonchev–Trinajstić information content (AvgIpc) is 2.36. The SMILES string of the molecule is O=C(CSCc1ccc(Cl)cc1)NCC1CC(O)C1. The van der Waals surface area contributed by atoms with Gasteiger partial charge in [-0.3, -0.25) is 4.79 Å². The lowest BCUT2D eigenvalue weighted by atomic mass is 9.82. The van der Waals surface area contributed by atoms with Crippen molar-refractivity contribution in [1.29, 1.82) is 0 Å². The van der Waals surface area contributed by atoms with Crippen LogP contribution in [0.2, 0.25) is 5.02 Å². The van der Waals surface area contributed by atoms with Crippen LogP contribution < -0.4 is 5.32 Å². The molecule has 0 aliphatic heterocycles. The molecule has 1 aliphatic rings. The highest BCUT2D eigenvalue weighted by Gasteiger charge is 2.26. The molecule has 0 saturated heterocycles. The van der Waals surface area contributed by atoms with Gasteiger partial charge >= 0.3 is 0 Å². The van der Waals surface area contributed by atoms with Crippen molar-refractivity contribution in [2.75, 3.05) is 12.3 Å². The molecule has 1 aromatic carbocycles. The molecule has 19 heavy (non-hydrogen) atoms. The molecule has 0 unspecified atom stereocenters. The predicted octanol–water partition coefficient (Wildman–Crippen LogP) is 2.46. The van der Waals surface area contributed by atoms with Crippen LogP contribution >= 0.6 is 23.4 Å². The highest BCUT2D eigenvalue weighted by atomic mass is 35.5. The maximum absolute atomic E-state index is 11.6. The first-order valence-electron chi connectivity index (χ1n) is 6.40. The minimum Gasteiger partial charge on any atom is -0.393 e. The van der Waals surface area contributed by atoms with Crippen molar-refractivity contribution in [1.82, 2.24) is 5.32 Å². The summed E-state index contributed by atoms with van der Waals surface area (Å²) in [5, 5.41) is 12.8. The van der Waals surface area contributed by atoms with E-state index in [1.165, 1.54) is 5.56 Å². The van der Waals surface area contributed by atoms with Crippen molar-refractivity contribution in [3.63, 3.8) is 0 Å². The van der Waals surface area contributed by atoms with Crippen molar-refractivity contribution in [3.8, 4) is 0 Å². The van der Waals surface area contributed by atoms with E-state index in [-0.39, 0.29) is 12.0 Å². The van der Waals surface area contributed by atoms with E-state index in [0.717, 1.165) is 23.6 Å². The van der Waals surface area contributed by atoms with E-state index >= 15 is 0 Å². The van der Waals surface area contributed by atoms with Crippen molar-refractivity contribution in [3.05, 3.63) is 34.9 Å². The molecule has 104 valence electrons. The van der Waals surface area contributed by atoms with Crippen LogP contribution in [-0.4, -0.2) is 29.4 Å². The van der Waals surface area contributed by atoms with Crippen molar-refractivity contribution < 1.29 is 9.90 Å². The molecule has 1 aliphatic carbocycles. The second-order valence-corrected chi connectivity index (χ2v) is 6.34.